The van der Waals surface area contributed by atoms with Crippen LogP contribution < -0.4 is 0 Å². The van der Waals surface area contributed by atoms with E-state index in [9.17, 15) is 22.8 Å². The molecule has 2 aromatic rings. The molecule has 0 heterocycles. The Morgan fingerprint density at radius 3 is 2.22 bits per heavy atom. The second-order valence-corrected chi connectivity index (χ2v) is 5.32. The van der Waals surface area contributed by atoms with Gasteiger partial charge >= 0.3 is 12.1 Å². The monoisotopic (exact) mass is 372 g/mol. The van der Waals surface area contributed by atoms with E-state index in [4.69, 9.17) is 4.74 Å². The SMILES string of the molecule is CCOC(=O)/C(=C/C#Cc1ccc(C(F)(F)F)cc1)C(=O)c1ccccc1. The Hall–Kier alpha value is -3.33. The maximum atomic E-state index is 12.6. The summed E-state index contributed by atoms with van der Waals surface area (Å²) < 4.78 is 42.5. The van der Waals surface area contributed by atoms with Crippen LogP contribution in [0.15, 0.2) is 66.2 Å². The largest absolute Gasteiger partial charge is 0.462 e. The average molecular weight is 372 g/mol. The Bertz CT molecular complexity index is 900. The van der Waals surface area contributed by atoms with Gasteiger partial charge in [-0.2, -0.15) is 13.2 Å². The zero-order valence-electron chi connectivity index (χ0n) is 14.3. The second-order valence-electron chi connectivity index (χ2n) is 5.32. The summed E-state index contributed by atoms with van der Waals surface area (Å²) in [5.74, 6) is 3.78. The Labute approximate surface area is 154 Å². The number of Topliss-reactive ketones (excluding diaryl/α,β-unsaturated/α-hetero) is 1. The third kappa shape index (κ3) is 5.58. The van der Waals surface area contributed by atoms with Gasteiger partial charge in [0.1, 0.15) is 5.57 Å². The van der Waals surface area contributed by atoms with Crippen molar-refractivity contribution in [1.29, 1.82) is 0 Å². The van der Waals surface area contributed by atoms with E-state index in [0.29, 0.717) is 11.1 Å². The first-order chi connectivity index (χ1) is 12.8. The standard InChI is InChI=1S/C21H15F3O3/c1-2-27-20(26)18(19(25)16-8-4-3-5-9-16)10-6-7-15-11-13-17(14-12-15)21(22,23)24/h3-5,8-14H,2H2,1H3/b18-10+. The first-order valence-corrected chi connectivity index (χ1v) is 7.98. The molecule has 0 saturated heterocycles. The number of alkyl halides is 3. The van der Waals surface area contributed by atoms with Crippen molar-refractivity contribution >= 4 is 11.8 Å². The molecular weight excluding hydrogens is 357 g/mol. The summed E-state index contributed by atoms with van der Waals surface area (Å²) in [5.41, 5.74) is -0.416. The zero-order chi connectivity index (χ0) is 19.9. The Morgan fingerprint density at radius 1 is 1.04 bits per heavy atom. The van der Waals surface area contributed by atoms with Gasteiger partial charge < -0.3 is 4.74 Å². The molecule has 2 aromatic carbocycles. The normalized spacial score (nSPS) is 11.3. The smallest absolute Gasteiger partial charge is 0.416 e. The molecule has 0 amide bonds. The molecule has 0 aliphatic carbocycles. The van der Waals surface area contributed by atoms with E-state index < -0.39 is 23.5 Å². The van der Waals surface area contributed by atoms with Crippen molar-refractivity contribution in [3.8, 4) is 11.8 Å². The Morgan fingerprint density at radius 2 is 1.67 bits per heavy atom. The van der Waals surface area contributed by atoms with Crippen LogP contribution >= 0.6 is 0 Å². The second kappa shape index (κ2) is 8.86. The van der Waals surface area contributed by atoms with Crippen molar-refractivity contribution < 1.29 is 27.5 Å². The molecule has 0 spiro atoms. The van der Waals surface area contributed by atoms with E-state index >= 15 is 0 Å². The van der Waals surface area contributed by atoms with Crippen molar-refractivity contribution in [2.24, 2.45) is 0 Å². The molecule has 0 unspecified atom stereocenters. The first kappa shape index (κ1) is 20.0. The molecule has 3 nitrogen and oxygen atoms in total. The molecule has 6 heteroatoms. The minimum absolute atomic E-state index is 0.0879. The van der Waals surface area contributed by atoms with Crippen LogP contribution in [0.25, 0.3) is 0 Å². The summed E-state index contributed by atoms with van der Waals surface area (Å²) in [6, 6.07) is 12.4. The number of ether oxygens (including phenoxy) is 1. The van der Waals surface area contributed by atoms with Gasteiger partial charge in [0.25, 0.3) is 0 Å². The lowest BCUT2D eigenvalue weighted by atomic mass is 10.0. The first-order valence-electron chi connectivity index (χ1n) is 7.98. The van der Waals surface area contributed by atoms with Gasteiger partial charge in [-0.3, -0.25) is 4.79 Å². The molecule has 0 atom stereocenters. The van der Waals surface area contributed by atoms with Crippen LogP contribution in [0, 0.1) is 11.8 Å². The minimum atomic E-state index is -4.43. The van der Waals surface area contributed by atoms with Crippen LogP contribution in [0.5, 0.6) is 0 Å². The maximum absolute atomic E-state index is 12.6. The average Bonchev–Trinajstić information content (AvgIpc) is 2.65. The predicted molar refractivity (Wildman–Crippen MR) is 93.8 cm³/mol. The lowest BCUT2D eigenvalue weighted by Crippen LogP contribution is -2.16. The van der Waals surface area contributed by atoms with E-state index in [1.807, 2.05) is 0 Å². The molecule has 0 N–H and O–H groups in total. The number of halogens is 3. The topological polar surface area (TPSA) is 43.4 Å². The molecule has 0 radical (unpaired) electrons. The molecule has 0 aliphatic heterocycles. The quantitative estimate of drug-likeness (QED) is 0.199. The van der Waals surface area contributed by atoms with Gasteiger partial charge in [0.2, 0.25) is 5.78 Å². The fourth-order valence-electron chi connectivity index (χ4n) is 2.11. The number of esters is 1. The molecule has 27 heavy (non-hydrogen) atoms. The van der Waals surface area contributed by atoms with E-state index in [1.54, 1.807) is 37.3 Å². The molecule has 0 fully saturated rings. The number of allylic oxidation sites excluding steroid dienone is 1. The molecular formula is C21H15F3O3. The van der Waals surface area contributed by atoms with Crippen molar-refractivity contribution in [3.05, 3.63) is 82.9 Å². The minimum Gasteiger partial charge on any atom is -0.462 e. The number of hydrogen-bond donors (Lipinski definition) is 0. The number of carbonyl (C=O) groups excluding carboxylic acids is 2. The number of rotatable bonds is 4. The maximum Gasteiger partial charge on any atom is 0.416 e. The number of ketones is 1. The van der Waals surface area contributed by atoms with Gasteiger partial charge in [-0.05, 0) is 31.2 Å². The summed E-state index contributed by atoms with van der Waals surface area (Å²) in [7, 11) is 0. The van der Waals surface area contributed by atoms with Crippen molar-refractivity contribution in [3.63, 3.8) is 0 Å². The number of carbonyl (C=O) groups is 2. The fraction of sp³-hybridized carbons (Fsp3) is 0.143. The van der Waals surface area contributed by atoms with E-state index in [2.05, 4.69) is 11.8 Å². The highest BCUT2D eigenvalue weighted by Gasteiger charge is 2.29. The molecule has 0 aliphatic rings. The highest BCUT2D eigenvalue weighted by Crippen LogP contribution is 2.28. The van der Waals surface area contributed by atoms with E-state index in [0.717, 1.165) is 18.2 Å². The van der Waals surface area contributed by atoms with Crippen LogP contribution in [0.3, 0.4) is 0 Å². The summed E-state index contributed by atoms with van der Waals surface area (Å²) >= 11 is 0. The van der Waals surface area contributed by atoms with Gasteiger partial charge in [-0.25, -0.2) is 4.79 Å². The van der Waals surface area contributed by atoms with E-state index in [1.165, 1.54) is 12.1 Å². The highest BCUT2D eigenvalue weighted by atomic mass is 19.4. The summed E-state index contributed by atoms with van der Waals surface area (Å²) in [6.07, 6.45) is -3.31. The van der Waals surface area contributed by atoms with E-state index in [-0.39, 0.29) is 12.2 Å². The van der Waals surface area contributed by atoms with Crippen LogP contribution in [-0.4, -0.2) is 18.4 Å². The lowest BCUT2D eigenvalue weighted by molar-refractivity contribution is -0.138. The summed E-state index contributed by atoms with van der Waals surface area (Å²) in [4.78, 5) is 24.5. The predicted octanol–water partition coefficient (Wildman–Crippen LogP) is 4.43. The summed E-state index contributed by atoms with van der Waals surface area (Å²) in [6.45, 7) is 1.70. The van der Waals surface area contributed by atoms with Gasteiger partial charge in [-0.15, -0.1) is 0 Å². The molecule has 138 valence electrons. The van der Waals surface area contributed by atoms with Crippen molar-refractivity contribution in [2.75, 3.05) is 6.61 Å². The highest BCUT2D eigenvalue weighted by molar-refractivity contribution is 6.24. The van der Waals surface area contributed by atoms with Crippen molar-refractivity contribution in [1.82, 2.24) is 0 Å². The third-order valence-electron chi connectivity index (χ3n) is 3.42. The fourth-order valence-corrected chi connectivity index (χ4v) is 2.11. The number of benzene rings is 2. The molecule has 0 saturated carbocycles. The lowest BCUT2D eigenvalue weighted by Gasteiger charge is -2.05. The van der Waals surface area contributed by atoms with Gasteiger partial charge in [-0.1, -0.05) is 42.2 Å². The zero-order valence-corrected chi connectivity index (χ0v) is 14.3. The molecule has 0 bridgehead atoms. The van der Waals surface area contributed by atoms with Crippen LogP contribution in [-0.2, 0) is 15.7 Å². The van der Waals surface area contributed by atoms with Gasteiger partial charge in [0.05, 0.1) is 12.2 Å². The van der Waals surface area contributed by atoms with Crippen LogP contribution in [0.1, 0.15) is 28.4 Å². The third-order valence-corrected chi connectivity index (χ3v) is 3.42. The summed E-state index contributed by atoms with van der Waals surface area (Å²) in [5, 5.41) is 0. The number of hydrogen-bond acceptors (Lipinski definition) is 3. The molecule has 2 rings (SSSR count). The molecule has 0 aromatic heterocycles. The Kier molecular flexibility index (Phi) is 6.56. The Balaban J connectivity index is 2.29. The van der Waals surface area contributed by atoms with Crippen LogP contribution in [0.4, 0.5) is 13.2 Å². The van der Waals surface area contributed by atoms with Gasteiger partial charge in [0.15, 0.2) is 0 Å². The van der Waals surface area contributed by atoms with Crippen molar-refractivity contribution in [2.45, 2.75) is 13.1 Å². The van der Waals surface area contributed by atoms with Crippen LogP contribution in [0.2, 0.25) is 0 Å². The van der Waals surface area contributed by atoms with Gasteiger partial charge in [0, 0.05) is 17.2 Å².